The average Bonchev–Trinajstić information content (AvgIpc) is 1.54. The van der Waals surface area contributed by atoms with E-state index in [-0.39, 0.29) is 0 Å². The first-order chi connectivity index (χ1) is 53.6. The fraction of sp³-hybridized carbons (Fsp3) is 0. The highest BCUT2D eigenvalue weighted by atomic mass is 32.1. The van der Waals surface area contributed by atoms with Crippen molar-refractivity contribution in [3.63, 3.8) is 0 Å². The molecular formula is C100H58N6S2. The SMILES string of the molecule is c1ccc(-c2cc3c(c4ccccc24)c2c4ccccc4c(-c4ccccc4)cc2n3-c2nc(-c3cc4ccccc4c4c3sc3ccccc34)c3ccccc3n2)cc1.c1ccc2c(c1)cc(-c1nc(-n3c4ccc5ccccc5c4c4c5ccccc5ccc43)nc3ccccc13)c1sc3ccccc3c12. The lowest BCUT2D eigenvalue weighted by atomic mass is 9.92. The summed E-state index contributed by atoms with van der Waals surface area (Å²) in [7, 11) is 0. The number of hydrogen-bond acceptors (Lipinski definition) is 6. The van der Waals surface area contributed by atoms with E-state index in [0.717, 1.165) is 66.4 Å². The molecule has 0 saturated carbocycles. The van der Waals surface area contributed by atoms with Crippen molar-refractivity contribution in [3.05, 3.63) is 352 Å². The van der Waals surface area contributed by atoms with Crippen molar-refractivity contribution in [3.8, 4) is 56.7 Å². The molecule has 24 aromatic rings. The second-order valence-electron chi connectivity index (χ2n) is 28.2. The maximum absolute atomic E-state index is 5.76. The Hall–Kier alpha value is -13.8. The predicted molar refractivity (Wildman–Crippen MR) is 460 cm³/mol. The Morgan fingerprint density at radius 3 is 0.944 bits per heavy atom. The number of hydrogen-bond donors (Lipinski definition) is 0. The van der Waals surface area contributed by atoms with Gasteiger partial charge in [0, 0.05) is 83.8 Å². The van der Waals surface area contributed by atoms with Crippen molar-refractivity contribution < 1.29 is 0 Å². The molecule has 0 aliphatic heterocycles. The molecule has 0 saturated heterocycles. The number of para-hydroxylation sites is 2. The van der Waals surface area contributed by atoms with Crippen LogP contribution in [0.25, 0.3) is 227 Å². The first-order valence-electron chi connectivity index (χ1n) is 36.7. The molecule has 500 valence electrons. The summed E-state index contributed by atoms with van der Waals surface area (Å²) in [5, 5.41) is 26.8. The number of benzene rings is 18. The number of rotatable bonds is 6. The molecule has 0 spiro atoms. The molecule has 24 rings (SSSR count). The second-order valence-corrected chi connectivity index (χ2v) is 30.3. The van der Waals surface area contributed by atoms with Gasteiger partial charge in [0.2, 0.25) is 11.9 Å². The Kier molecular flexibility index (Phi) is 13.4. The van der Waals surface area contributed by atoms with Gasteiger partial charge >= 0.3 is 0 Å². The molecular weight excluding hydrogens is 1350 g/mol. The van der Waals surface area contributed by atoms with E-state index in [1.807, 2.05) is 22.7 Å². The van der Waals surface area contributed by atoms with Crippen molar-refractivity contribution >= 4 is 193 Å². The summed E-state index contributed by atoms with van der Waals surface area (Å²) in [4.78, 5) is 22.1. The van der Waals surface area contributed by atoms with Crippen molar-refractivity contribution in [2.24, 2.45) is 0 Å². The summed E-state index contributed by atoms with van der Waals surface area (Å²) in [6.45, 7) is 0. The smallest absolute Gasteiger partial charge is 0.235 e. The highest BCUT2D eigenvalue weighted by Crippen LogP contribution is 2.51. The van der Waals surface area contributed by atoms with Gasteiger partial charge in [-0.25, -0.2) is 19.9 Å². The molecule has 6 aromatic heterocycles. The second kappa shape index (κ2) is 23.9. The summed E-state index contributed by atoms with van der Waals surface area (Å²) in [5.74, 6) is 1.33. The van der Waals surface area contributed by atoms with Crippen molar-refractivity contribution in [2.75, 3.05) is 0 Å². The molecule has 0 fully saturated rings. The summed E-state index contributed by atoms with van der Waals surface area (Å²) < 4.78 is 9.67. The summed E-state index contributed by atoms with van der Waals surface area (Å²) >= 11 is 3.70. The Morgan fingerprint density at radius 2 is 0.519 bits per heavy atom. The van der Waals surface area contributed by atoms with Crippen LogP contribution in [-0.4, -0.2) is 29.1 Å². The third-order valence-electron chi connectivity index (χ3n) is 22.3. The van der Waals surface area contributed by atoms with Gasteiger partial charge in [-0.2, -0.15) is 0 Å². The highest BCUT2D eigenvalue weighted by molar-refractivity contribution is 7.27. The topological polar surface area (TPSA) is 61.4 Å². The zero-order chi connectivity index (χ0) is 70.7. The fourth-order valence-electron chi connectivity index (χ4n) is 17.7. The van der Waals surface area contributed by atoms with Gasteiger partial charge < -0.3 is 0 Å². The van der Waals surface area contributed by atoms with E-state index in [1.165, 1.54) is 149 Å². The van der Waals surface area contributed by atoms with Gasteiger partial charge in [-0.3, -0.25) is 9.13 Å². The Morgan fingerprint density at radius 1 is 0.204 bits per heavy atom. The third-order valence-corrected chi connectivity index (χ3v) is 24.7. The third kappa shape index (κ3) is 9.12. The lowest BCUT2D eigenvalue weighted by Crippen LogP contribution is -2.04. The van der Waals surface area contributed by atoms with Crippen LogP contribution in [-0.2, 0) is 0 Å². The molecule has 0 atom stereocenters. The van der Waals surface area contributed by atoms with Crippen LogP contribution in [0.1, 0.15) is 0 Å². The van der Waals surface area contributed by atoms with Gasteiger partial charge in [-0.05, 0) is 148 Å². The number of fused-ring (bicyclic) bond motifs is 26. The molecule has 18 aromatic carbocycles. The first kappa shape index (κ1) is 60.6. The minimum atomic E-state index is 0.648. The summed E-state index contributed by atoms with van der Waals surface area (Å²) in [6, 6.07) is 127. The lowest BCUT2D eigenvalue weighted by molar-refractivity contribution is 1.01. The molecule has 0 N–H and O–H groups in total. The van der Waals surface area contributed by atoms with E-state index in [4.69, 9.17) is 19.9 Å². The van der Waals surface area contributed by atoms with E-state index in [0.29, 0.717) is 11.9 Å². The van der Waals surface area contributed by atoms with E-state index < -0.39 is 0 Å². The summed E-state index contributed by atoms with van der Waals surface area (Å²) in [5.41, 5.74) is 15.0. The minimum absolute atomic E-state index is 0.648. The van der Waals surface area contributed by atoms with Gasteiger partial charge in [0.25, 0.3) is 0 Å². The Labute approximate surface area is 626 Å². The molecule has 0 amide bonds. The molecule has 108 heavy (non-hydrogen) atoms. The van der Waals surface area contributed by atoms with Gasteiger partial charge in [0.05, 0.1) is 44.5 Å². The Bertz CT molecular complexity index is 7720. The minimum Gasteiger partial charge on any atom is -0.278 e. The standard InChI is InChI=1S/C56H33N3S.C44H25N3S/c1-3-17-34(18-4-1)44-32-48-52(40-25-11-9-23-38(40)44)53-41-26-12-10-24-39(41)45(35-19-5-2-6-20-35)33-49(53)59(48)56-57-47-29-15-13-27-42(47)54(58-56)46-31-36-21-7-8-22-37(36)51-43-28-14-16-30-50(43)60-55(46)51;1-4-14-29-26(11-1)21-23-36-40(29)41-30-15-5-2-12-27(30)22-24-37(41)47(36)44-45-35-19-9-7-17-32(35)42(46-44)34-25-28-13-3-6-16-31(28)39-33-18-8-10-20-38(33)48-43(34)39/h1-33H;1-25H. The number of aromatic nitrogens is 6. The zero-order valence-electron chi connectivity index (χ0n) is 58.0. The number of nitrogens with zero attached hydrogens (tertiary/aromatic N) is 6. The molecule has 0 aliphatic rings. The molecule has 6 nitrogen and oxygen atoms in total. The van der Waals surface area contributed by atoms with Gasteiger partial charge in [0.15, 0.2) is 0 Å². The lowest BCUT2D eigenvalue weighted by Gasteiger charge is -2.15. The van der Waals surface area contributed by atoms with Gasteiger partial charge in [-0.15, -0.1) is 22.7 Å². The molecule has 0 bridgehead atoms. The van der Waals surface area contributed by atoms with Crippen molar-refractivity contribution in [2.45, 2.75) is 0 Å². The molecule has 0 radical (unpaired) electrons. The molecule has 0 aliphatic carbocycles. The van der Waals surface area contributed by atoms with E-state index in [1.54, 1.807) is 0 Å². The quantitative estimate of drug-likeness (QED) is 0.166. The van der Waals surface area contributed by atoms with Crippen LogP contribution in [0.4, 0.5) is 0 Å². The van der Waals surface area contributed by atoms with Crippen LogP contribution in [0, 0.1) is 0 Å². The van der Waals surface area contributed by atoms with Crippen LogP contribution in [0.2, 0.25) is 0 Å². The van der Waals surface area contributed by atoms with Crippen LogP contribution >= 0.6 is 22.7 Å². The first-order valence-corrected chi connectivity index (χ1v) is 38.3. The molecule has 8 heteroatoms. The zero-order valence-corrected chi connectivity index (χ0v) is 59.6. The number of thiophene rings is 2. The summed E-state index contributed by atoms with van der Waals surface area (Å²) in [6.07, 6.45) is 0. The van der Waals surface area contributed by atoms with Gasteiger partial charge in [0.1, 0.15) is 0 Å². The van der Waals surface area contributed by atoms with E-state index in [9.17, 15) is 0 Å². The van der Waals surface area contributed by atoms with Crippen LogP contribution in [0.15, 0.2) is 352 Å². The maximum Gasteiger partial charge on any atom is 0.235 e. The van der Waals surface area contributed by atoms with Gasteiger partial charge in [-0.1, -0.05) is 291 Å². The monoisotopic (exact) mass is 1410 g/mol. The molecule has 0 unspecified atom stereocenters. The van der Waals surface area contributed by atoms with Crippen LogP contribution < -0.4 is 0 Å². The van der Waals surface area contributed by atoms with Crippen LogP contribution in [0.5, 0.6) is 0 Å². The maximum atomic E-state index is 5.76. The fourth-order valence-corrected chi connectivity index (χ4v) is 20.1. The highest BCUT2D eigenvalue weighted by Gasteiger charge is 2.27. The van der Waals surface area contributed by atoms with E-state index in [2.05, 4.69) is 361 Å². The van der Waals surface area contributed by atoms with Crippen molar-refractivity contribution in [1.29, 1.82) is 0 Å². The molecule has 6 heterocycles. The Balaban J connectivity index is 0.000000134. The average molecular weight is 1410 g/mol. The van der Waals surface area contributed by atoms with E-state index >= 15 is 0 Å². The largest absolute Gasteiger partial charge is 0.278 e. The normalized spacial score (nSPS) is 12.1. The van der Waals surface area contributed by atoms with Crippen molar-refractivity contribution in [1.82, 2.24) is 29.1 Å². The predicted octanol–water partition coefficient (Wildman–Crippen LogP) is 27.8. The van der Waals surface area contributed by atoms with Crippen LogP contribution in [0.3, 0.4) is 0 Å².